The predicted molar refractivity (Wildman–Crippen MR) is 85.8 cm³/mol. The highest BCUT2D eigenvalue weighted by Gasteiger charge is 2.37. The first-order valence-corrected chi connectivity index (χ1v) is 7.43. The molecule has 118 valence electrons. The summed E-state index contributed by atoms with van der Waals surface area (Å²) in [4.78, 5) is 26.0. The number of carboxylic acids is 1. The molecule has 1 aliphatic heterocycles. The predicted octanol–water partition coefficient (Wildman–Crippen LogP) is 3.00. The topological polar surface area (TPSA) is 77.8 Å². The maximum Gasteiger partial charge on any atom is 0.311 e. The second kappa shape index (κ2) is 5.76. The summed E-state index contributed by atoms with van der Waals surface area (Å²) in [7, 11) is 0. The van der Waals surface area contributed by atoms with E-state index in [0.717, 1.165) is 0 Å². The van der Waals surface area contributed by atoms with Crippen LogP contribution < -0.4 is 4.90 Å². The zero-order valence-corrected chi connectivity index (χ0v) is 12.6. The fourth-order valence-electron chi connectivity index (χ4n) is 3.10. The largest absolute Gasteiger partial charge is 0.508 e. The first kappa shape index (κ1) is 15.1. The number of aromatic hydroxyl groups is 1. The van der Waals surface area contributed by atoms with Gasteiger partial charge >= 0.3 is 5.97 Å². The average molecular weight is 311 g/mol. The van der Waals surface area contributed by atoms with Crippen LogP contribution in [0.5, 0.6) is 5.75 Å². The monoisotopic (exact) mass is 311 g/mol. The number of phenols is 1. The van der Waals surface area contributed by atoms with E-state index in [9.17, 15) is 19.8 Å². The molecule has 0 spiro atoms. The lowest BCUT2D eigenvalue weighted by atomic mass is 9.85. The molecule has 5 heteroatoms. The summed E-state index contributed by atoms with van der Waals surface area (Å²) < 4.78 is 0. The number of nitrogens with zero attached hydrogens (tertiary/aromatic N) is 1. The summed E-state index contributed by atoms with van der Waals surface area (Å²) in [5.74, 6) is -1.58. The lowest BCUT2D eigenvalue weighted by Crippen LogP contribution is -2.44. The fourth-order valence-corrected chi connectivity index (χ4v) is 3.10. The Kier molecular flexibility index (Phi) is 3.78. The van der Waals surface area contributed by atoms with Crippen molar-refractivity contribution in [2.24, 2.45) is 0 Å². The number of hydrogen-bond acceptors (Lipinski definition) is 3. The van der Waals surface area contributed by atoms with E-state index in [1.807, 2.05) is 6.92 Å². The Labute approximate surface area is 133 Å². The van der Waals surface area contributed by atoms with Gasteiger partial charge in [-0.3, -0.25) is 9.59 Å². The van der Waals surface area contributed by atoms with Gasteiger partial charge in [0.25, 0.3) is 5.91 Å². The molecule has 2 N–H and O–H groups in total. The molecule has 0 saturated carbocycles. The molecule has 5 nitrogen and oxygen atoms in total. The van der Waals surface area contributed by atoms with E-state index in [1.165, 1.54) is 12.1 Å². The molecule has 2 atom stereocenters. The molecule has 0 bridgehead atoms. The van der Waals surface area contributed by atoms with E-state index in [-0.39, 0.29) is 17.7 Å². The van der Waals surface area contributed by atoms with Gasteiger partial charge in [-0.05, 0) is 49.2 Å². The van der Waals surface area contributed by atoms with Crippen molar-refractivity contribution in [1.29, 1.82) is 0 Å². The molecule has 1 amide bonds. The second-order valence-corrected chi connectivity index (χ2v) is 5.76. The number of para-hydroxylation sites is 1. The van der Waals surface area contributed by atoms with Crippen LogP contribution >= 0.6 is 0 Å². The number of anilines is 1. The van der Waals surface area contributed by atoms with Gasteiger partial charge in [0, 0.05) is 17.3 Å². The summed E-state index contributed by atoms with van der Waals surface area (Å²) in [5, 5.41) is 18.8. The van der Waals surface area contributed by atoms with Crippen molar-refractivity contribution < 1.29 is 19.8 Å². The number of hydrogen-bond donors (Lipinski definition) is 2. The molecule has 0 aliphatic carbocycles. The molecule has 0 saturated heterocycles. The molecule has 2 aromatic rings. The SMILES string of the molecule is C[C@@H]1C[C@@H](C(=O)O)c2ccccc2N1C(=O)c1ccc(O)cc1. The molecule has 23 heavy (non-hydrogen) atoms. The van der Waals surface area contributed by atoms with Crippen LogP contribution in [-0.2, 0) is 4.79 Å². The van der Waals surface area contributed by atoms with Crippen molar-refractivity contribution in [3.8, 4) is 5.75 Å². The van der Waals surface area contributed by atoms with E-state index in [4.69, 9.17) is 0 Å². The molecule has 0 unspecified atom stereocenters. The third-order valence-corrected chi connectivity index (χ3v) is 4.22. The van der Waals surface area contributed by atoms with Gasteiger partial charge in [0.05, 0.1) is 5.92 Å². The minimum Gasteiger partial charge on any atom is -0.508 e. The number of carboxylic acid groups (broad SMARTS) is 1. The molecular weight excluding hydrogens is 294 g/mol. The van der Waals surface area contributed by atoms with Crippen LogP contribution in [-0.4, -0.2) is 28.1 Å². The summed E-state index contributed by atoms with van der Waals surface area (Å²) in [6.07, 6.45) is 0.371. The maximum absolute atomic E-state index is 12.9. The Bertz CT molecular complexity index is 754. The quantitative estimate of drug-likeness (QED) is 0.893. The van der Waals surface area contributed by atoms with Crippen LogP contribution in [0.3, 0.4) is 0 Å². The van der Waals surface area contributed by atoms with Crippen molar-refractivity contribution in [1.82, 2.24) is 0 Å². The Morgan fingerprint density at radius 2 is 1.74 bits per heavy atom. The highest BCUT2D eigenvalue weighted by molar-refractivity contribution is 6.07. The minimum absolute atomic E-state index is 0.0968. The van der Waals surface area contributed by atoms with Gasteiger partial charge in [-0.25, -0.2) is 0 Å². The Morgan fingerprint density at radius 3 is 2.39 bits per heavy atom. The van der Waals surface area contributed by atoms with Crippen LogP contribution in [0.25, 0.3) is 0 Å². The van der Waals surface area contributed by atoms with Crippen molar-refractivity contribution in [2.45, 2.75) is 25.3 Å². The van der Waals surface area contributed by atoms with Crippen molar-refractivity contribution in [3.05, 3.63) is 59.7 Å². The van der Waals surface area contributed by atoms with Gasteiger partial charge < -0.3 is 15.1 Å². The Morgan fingerprint density at radius 1 is 1.09 bits per heavy atom. The number of aliphatic carboxylic acids is 1. The molecule has 2 aromatic carbocycles. The van der Waals surface area contributed by atoms with Crippen LogP contribution in [0.15, 0.2) is 48.5 Å². The van der Waals surface area contributed by atoms with Crippen molar-refractivity contribution >= 4 is 17.6 Å². The van der Waals surface area contributed by atoms with Crippen molar-refractivity contribution in [3.63, 3.8) is 0 Å². The van der Waals surface area contributed by atoms with E-state index in [1.54, 1.807) is 41.3 Å². The van der Waals surface area contributed by atoms with Crippen LogP contribution in [0, 0.1) is 0 Å². The summed E-state index contributed by atoms with van der Waals surface area (Å²) in [6.45, 7) is 1.85. The number of carbonyl (C=O) groups is 2. The van der Waals surface area contributed by atoms with Gasteiger partial charge in [-0.15, -0.1) is 0 Å². The summed E-state index contributed by atoms with van der Waals surface area (Å²) in [5.41, 5.74) is 1.75. The second-order valence-electron chi connectivity index (χ2n) is 5.76. The molecule has 1 aliphatic rings. The van der Waals surface area contributed by atoms with Gasteiger partial charge in [0.2, 0.25) is 0 Å². The smallest absolute Gasteiger partial charge is 0.311 e. The zero-order chi connectivity index (χ0) is 16.6. The van der Waals surface area contributed by atoms with Gasteiger partial charge in [-0.1, -0.05) is 18.2 Å². The van der Waals surface area contributed by atoms with Gasteiger partial charge in [-0.2, -0.15) is 0 Å². The Balaban J connectivity index is 2.05. The highest BCUT2D eigenvalue weighted by atomic mass is 16.4. The minimum atomic E-state index is -0.874. The fraction of sp³-hybridized carbons (Fsp3) is 0.222. The first-order chi connectivity index (χ1) is 11.0. The van der Waals surface area contributed by atoms with Crippen LogP contribution in [0.2, 0.25) is 0 Å². The van der Waals surface area contributed by atoms with E-state index >= 15 is 0 Å². The third-order valence-electron chi connectivity index (χ3n) is 4.22. The molecule has 0 aromatic heterocycles. The van der Waals surface area contributed by atoms with E-state index in [2.05, 4.69) is 0 Å². The van der Waals surface area contributed by atoms with Gasteiger partial charge in [0.1, 0.15) is 5.75 Å². The average Bonchev–Trinajstić information content (AvgIpc) is 2.54. The lowest BCUT2D eigenvalue weighted by molar-refractivity contribution is -0.139. The molecule has 0 fully saturated rings. The van der Waals surface area contributed by atoms with Crippen LogP contribution in [0.4, 0.5) is 5.69 Å². The normalized spacial score (nSPS) is 20.0. The number of carbonyl (C=O) groups excluding carboxylic acids is 1. The number of rotatable bonds is 2. The number of benzene rings is 2. The third kappa shape index (κ3) is 2.65. The standard InChI is InChI=1S/C18H17NO4/c1-11-10-15(18(22)23)14-4-2-3-5-16(14)19(11)17(21)12-6-8-13(20)9-7-12/h2-9,11,15,20H,10H2,1H3,(H,22,23)/t11-,15-/m1/s1. The number of amides is 1. The zero-order valence-electron chi connectivity index (χ0n) is 12.6. The molecular formula is C18H17NO4. The molecule has 1 heterocycles. The molecule has 3 rings (SSSR count). The molecule has 0 radical (unpaired) electrons. The highest BCUT2D eigenvalue weighted by Crippen LogP contribution is 2.39. The van der Waals surface area contributed by atoms with E-state index in [0.29, 0.717) is 23.2 Å². The van der Waals surface area contributed by atoms with Crippen LogP contribution in [0.1, 0.15) is 35.2 Å². The maximum atomic E-state index is 12.9. The first-order valence-electron chi connectivity index (χ1n) is 7.43. The Hall–Kier alpha value is -2.82. The summed E-state index contributed by atoms with van der Waals surface area (Å²) in [6, 6.07) is 13.0. The van der Waals surface area contributed by atoms with Gasteiger partial charge in [0.15, 0.2) is 0 Å². The number of phenolic OH excluding ortho intramolecular Hbond substituents is 1. The summed E-state index contributed by atoms with van der Waals surface area (Å²) >= 11 is 0. The van der Waals surface area contributed by atoms with E-state index < -0.39 is 11.9 Å². The van der Waals surface area contributed by atoms with Crippen molar-refractivity contribution in [2.75, 3.05) is 4.90 Å². The number of fused-ring (bicyclic) bond motifs is 1. The lowest BCUT2D eigenvalue weighted by Gasteiger charge is -2.38.